The highest BCUT2D eigenvalue weighted by molar-refractivity contribution is 5.86. The first-order valence-corrected chi connectivity index (χ1v) is 9.20. The van der Waals surface area contributed by atoms with E-state index in [-0.39, 0.29) is 30.2 Å². The Kier molecular flexibility index (Phi) is 6.24. The Labute approximate surface area is 144 Å². The molecule has 1 saturated carbocycles. The SMILES string of the molecule is CCCCNC(=O)C1CCC(C)N(C(=O)CC2(C(=O)O)CCC2)C1. The zero-order valence-electron chi connectivity index (χ0n) is 14.8. The number of piperidine rings is 1. The van der Waals surface area contributed by atoms with Crippen LogP contribution in [0.4, 0.5) is 0 Å². The minimum absolute atomic E-state index is 0.0183. The summed E-state index contributed by atoms with van der Waals surface area (Å²) in [7, 11) is 0. The van der Waals surface area contributed by atoms with Gasteiger partial charge in [-0.3, -0.25) is 14.4 Å². The van der Waals surface area contributed by atoms with Gasteiger partial charge in [0.1, 0.15) is 0 Å². The van der Waals surface area contributed by atoms with Crippen LogP contribution in [0.5, 0.6) is 0 Å². The second-order valence-corrected chi connectivity index (χ2v) is 7.43. The highest BCUT2D eigenvalue weighted by Crippen LogP contribution is 2.45. The Morgan fingerprint density at radius 3 is 2.50 bits per heavy atom. The normalized spacial score (nSPS) is 25.7. The smallest absolute Gasteiger partial charge is 0.310 e. The van der Waals surface area contributed by atoms with Gasteiger partial charge in [-0.2, -0.15) is 0 Å². The summed E-state index contributed by atoms with van der Waals surface area (Å²) in [6.07, 6.45) is 5.66. The van der Waals surface area contributed by atoms with Gasteiger partial charge in [-0.15, -0.1) is 0 Å². The van der Waals surface area contributed by atoms with Gasteiger partial charge in [0.25, 0.3) is 0 Å². The van der Waals surface area contributed by atoms with Crippen molar-refractivity contribution in [3.8, 4) is 0 Å². The van der Waals surface area contributed by atoms with Crippen LogP contribution in [0.15, 0.2) is 0 Å². The molecule has 0 radical (unpaired) electrons. The number of likely N-dealkylation sites (tertiary alicyclic amines) is 1. The van der Waals surface area contributed by atoms with Crippen LogP contribution in [-0.4, -0.2) is 46.9 Å². The number of carbonyl (C=O) groups is 3. The molecule has 1 aliphatic heterocycles. The topological polar surface area (TPSA) is 86.7 Å². The summed E-state index contributed by atoms with van der Waals surface area (Å²) in [6.45, 7) is 5.15. The molecule has 2 atom stereocenters. The number of rotatable bonds is 7. The van der Waals surface area contributed by atoms with Gasteiger partial charge < -0.3 is 15.3 Å². The van der Waals surface area contributed by atoms with Crippen molar-refractivity contribution in [2.45, 2.75) is 71.3 Å². The summed E-state index contributed by atoms with van der Waals surface area (Å²) in [6, 6.07) is 0.0723. The van der Waals surface area contributed by atoms with E-state index in [1.165, 1.54) is 0 Å². The molecule has 2 rings (SSSR count). The van der Waals surface area contributed by atoms with Crippen LogP contribution in [0.1, 0.15) is 65.2 Å². The fourth-order valence-corrected chi connectivity index (χ4v) is 3.66. The van der Waals surface area contributed by atoms with Crippen LogP contribution in [0.25, 0.3) is 0 Å². The number of nitrogens with one attached hydrogen (secondary N) is 1. The van der Waals surface area contributed by atoms with E-state index < -0.39 is 11.4 Å². The van der Waals surface area contributed by atoms with E-state index in [9.17, 15) is 19.5 Å². The first kappa shape index (κ1) is 18.7. The molecule has 0 aromatic heterocycles. The molecule has 0 aromatic carbocycles. The highest BCUT2D eigenvalue weighted by atomic mass is 16.4. The van der Waals surface area contributed by atoms with Crippen molar-refractivity contribution >= 4 is 17.8 Å². The number of unbranched alkanes of at least 4 members (excludes halogenated alkanes) is 1. The number of amides is 2. The molecule has 0 bridgehead atoms. The van der Waals surface area contributed by atoms with Gasteiger partial charge in [0.15, 0.2) is 0 Å². The van der Waals surface area contributed by atoms with Crippen molar-refractivity contribution < 1.29 is 19.5 Å². The molecule has 0 aromatic rings. The molecule has 2 fully saturated rings. The number of carbonyl (C=O) groups excluding carboxylic acids is 2. The lowest BCUT2D eigenvalue weighted by atomic mass is 9.66. The highest BCUT2D eigenvalue weighted by Gasteiger charge is 2.47. The lowest BCUT2D eigenvalue weighted by Gasteiger charge is -2.42. The number of aliphatic carboxylic acids is 1. The molecule has 2 unspecified atom stereocenters. The van der Waals surface area contributed by atoms with Crippen molar-refractivity contribution in [3.63, 3.8) is 0 Å². The molecular formula is C18H30N2O4. The maximum absolute atomic E-state index is 12.7. The first-order chi connectivity index (χ1) is 11.4. The van der Waals surface area contributed by atoms with E-state index in [4.69, 9.17) is 0 Å². The van der Waals surface area contributed by atoms with Gasteiger partial charge in [0.2, 0.25) is 11.8 Å². The molecule has 1 saturated heterocycles. The van der Waals surface area contributed by atoms with Crippen LogP contribution in [0.2, 0.25) is 0 Å². The number of carboxylic acid groups (broad SMARTS) is 1. The third-order valence-corrected chi connectivity index (χ3v) is 5.66. The van der Waals surface area contributed by atoms with Gasteiger partial charge in [-0.25, -0.2) is 0 Å². The Morgan fingerprint density at radius 2 is 1.96 bits per heavy atom. The zero-order valence-corrected chi connectivity index (χ0v) is 14.8. The first-order valence-electron chi connectivity index (χ1n) is 9.20. The van der Waals surface area contributed by atoms with Crippen molar-refractivity contribution in [1.29, 1.82) is 0 Å². The largest absolute Gasteiger partial charge is 0.481 e. The van der Waals surface area contributed by atoms with Crippen LogP contribution in [0.3, 0.4) is 0 Å². The predicted octanol–water partition coefficient (Wildman–Crippen LogP) is 2.17. The van der Waals surface area contributed by atoms with Crippen LogP contribution in [0, 0.1) is 11.3 Å². The Hall–Kier alpha value is -1.59. The molecule has 136 valence electrons. The second kappa shape index (κ2) is 7.99. The third kappa shape index (κ3) is 4.08. The molecular weight excluding hydrogens is 308 g/mol. The third-order valence-electron chi connectivity index (χ3n) is 5.66. The molecule has 6 nitrogen and oxygen atoms in total. The minimum atomic E-state index is -0.868. The number of hydrogen-bond acceptors (Lipinski definition) is 3. The maximum atomic E-state index is 12.7. The van der Waals surface area contributed by atoms with E-state index in [1.807, 2.05) is 6.92 Å². The molecule has 1 heterocycles. The number of nitrogens with zero attached hydrogens (tertiary/aromatic N) is 1. The maximum Gasteiger partial charge on any atom is 0.310 e. The van der Waals surface area contributed by atoms with E-state index in [0.29, 0.717) is 25.9 Å². The quantitative estimate of drug-likeness (QED) is 0.697. The lowest BCUT2D eigenvalue weighted by Crippen LogP contribution is -2.52. The van der Waals surface area contributed by atoms with Crippen LogP contribution >= 0.6 is 0 Å². The lowest BCUT2D eigenvalue weighted by molar-refractivity contribution is -0.161. The van der Waals surface area contributed by atoms with Gasteiger partial charge >= 0.3 is 5.97 Å². The summed E-state index contributed by atoms with van der Waals surface area (Å²) >= 11 is 0. The summed E-state index contributed by atoms with van der Waals surface area (Å²) < 4.78 is 0. The summed E-state index contributed by atoms with van der Waals surface area (Å²) in [5.74, 6) is -1.13. The molecule has 2 amide bonds. The summed E-state index contributed by atoms with van der Waals surface area (Å²) in [5, 5.41) is 12.4. The van der Waals surface area contributed by atoms with Gasteiger partial charge in [0.05, 0.1) is 11.3 Å². The summed E-state index contributed by atoms with van der Waals surface area (Å²) in [5.41, 5.74) is -0.868. The zero-order chi connectivity index (χ0) is 17.7. The van der Waals surface area contributed by atoms with E-state index >= 15 is 0 Å². The summed E-state index contributed by atoms with van der Waals surface area (Å²) in [4.78, 5) is 38.2. The molecule has 24 heavy (non-hydrogen) atoms. The number of hydrogen-bond donors (Lipinski definition) is 2. The van der Waals surface area contributed by atoms with E-state index in [2.05, 4.69) is 12.2 Å². The Bertz CT molecular complexity index is 487. The van der Waals surface area contributed by atoms with Gasteiger partial charge in [-0.05, 0) is 39.0 Å². The Morgan fingerprint density at radius 1 is 1.25 bits per heavy atom. The fourth-order valence-electron chi connectivity index (χ4n) is 3.66. The monoisotopic (exact) mass is 338 g/mol. The average Bonchev–Trinajstić information content (AvgIpc) is 2.50. The number of carboxylic acids is 1. The predicted molar refractivity (Wildman–Crippen MR) is 90.4 cm³/mol. The molecule has 1 aliphatic carbocycles. The molecule has 6 heteroatoms. The second-order valence-electron chi connectivity index (χ2n) is 7.43. The minimum Gasteiger partial charge on any atom is -0.481 e. The van der Waals surface area contributed by atoms with Crippen molar-refractivity contribution in [2.75, 3.05) is 13.1 Å². The molecule has 0 spiro atoms. The van der Waals surface area contributed by atoms with Crippen molar-refractivity contribution in [2.24, 2.45) is 11.3 Å². The van der Waals surface area contributed by atoms with Crippen LogP contribution in [-0.2, 0) is 14.4 Å². The van der Waals surface area contributed by atoms with Gasteiger partial charge in [0, 0.05) is 25.6 Å². The molecule has 2 N–H and O–H groups in total. The average molecular weight is 338 g/mol. The van der Waals surface area contributed by atoms with Crippen LogP contribution < -0.4 is 5.32 Å². The standard InChI is InChI=1S/C18H30N2O4/c1-3-4-10-19-16(22)14-7-6-13(2)20(12-14)15(21)11-18(17(23)24)8-5-9-18/h13-14H,3-12H2,1-2H3,(H,19,22)(H,23,24). The van der Waals surface area contributed by atoms with Crippen molar-refractivity contribution in [3.05, 3.63) is 0 Å². The van der Waals surface area contributed by atoms with E-state index in [0.717, 1.165) is 32.1 Å². The molecule has 2 aliphatic rings. The fraction of sp³-hybridized carbons (Fsp3) is 0.833. The Balaban J connectivity index is 1.94. The van der Waals surface area contributed by atoms with E-state index in [1.54, 1.807) is 4.90 Å². The van der Waals surface area contributed by atoms with Gasteiger partial charge in [-0.1, -0.05) is 19.8 Å². The van der Waals surface area contributed by atoms with Crippen molar-refractivity contribution in [1.82, 2.24) is 10.2 Å².